The molecule has 1 aromatic rings. The lowest BCUT2D eigenvalue weighted by Gasteiger charge is -2.21. The Bertz CT molecular complexity index is 427. The van der Waals surface area contributed by atoms with Crippen LogP contribution in [0.3, 0.4) is 0 Å². The van der Waals surface area contributed by atoms with Gasteiger partial charge in [-0.2, -0.15) is 0 Å². The van der Waals surface area contributed by atoms with E-state index in [0.717, 1.165) is 39.1 Å². The number of nitrogens with zero attached hydrogens (tertiary/aromatic N) is 2. The Morgan fingerprint density at radius 2 is 2.39 bits per heavy atom. The maximum Gasteiger partial charge on any atom is 0.106 e. The summed E-state index contributed by atoms with van der Waals surface area (Å²) >= 11 is 0. The fourth-order valence-corrected chi connectivity index (χ4v) is 3.34. The molecule has 18 heavy (non-hydrogen) atoms. The molecule has 0 radical (unpaired) electrons. The third-order valence-corrected chi connectivity index (χ3v) is 4.34. The van der Waals surface area contributed by atoms with Crippen LogP contribution in [-0.4, -0.2) is 28.8 Å². The lowest BCUT2D eigenvalue weighted by molar-refractivity contribution is 0.0831. The summed E-state index contributed by atoms with van der Waals surface area (Å²) in [6.45, 7) is 8.39. The number of hydrogen-bond donors (Lipinski definition) is 1. The molecule has 0 spiro atoms. The molecule has 0 saturated carbocycles. The molecule has 1 aromatic heterocycles. The molecule has 0 aliphatic carbocycles. The summed E-state index contributed by atoms with van der Waals surface area (Å²) in [6, 6.07) is 0. The number of hydrogen-bond acceptors (Lipinski definition) is 3. The van der Waals surface area contributed by atoms with Crippen LogP contribution in [0.4, 0.5) is 0 Å². The van der Waals surface area contributed by atoms with Gasteiger partial charge in [-0.15, -0.1) is 0 Å². The van der Waals surface area contributed by atoms with Gasteiger partial charge < -0.3 is 14.6 Å². The summed E-state index contributed by atoms with van der Waals surface area (Å²) in [5, 5.41) is 3.39. The number of ether oxygens (including phenoxy) is 1. The highest BCUT2D eigenvalue weighted by Gasteiger charge is 2.29. The Balaban J connectivity index is 1.81. The molecule has 3 heterocycles. The molecule has 0 amide bonds. The third-order valence-electron chi connectivity index (χ3n) is 4.34. The second-order valence-corrected chi connectivity index (χ2v) is 5.46. The Morgan fingerprint density at radius 3 is 3.22 bits per heavy atom. The van der Waals surface area contributed by atoms with Gasteiger partial charge >= 0.3 is 0 Å². The standard InChI is InChI=1S/C14H23N3O/c1-3-14-11(5-7-18-14)9-17-10(2)16-12-8-15-6-4-13(12)17/h11,14-15H,3-9H2,1-2H3. The summed E-state index contributed by atoms with van der Waals surface area (Å²) in [4.78, 5) is 4.70. The van der Waals surface area contributed by atoms with Crippen molar-refractivity contribution in [2.45, 2.75) is 52.3 Å². The van der Waals surface area contributed by atoms with Crippen LogP contribution < -0.4 is 5.32 Å². The van der Waals surface area contributed by atoms with Crippen molar-refractivity contribution in [3.8, 4) is 0 Å². The second-order valence-electron chi connectivity index (χ2n) is 5.46. The van der Waals surface area contributed by atoms with Crippen molar-refractivity contribution in [1.82, 2.24) is 14.9 Å². The third kappa shape index (κ3) is 2.08. The van der Waals surface area contributed by atoms with Crippen LogP contribution in [-0.2, 0) is 24.2 Å². The lowest BCUT2D eigenvalue weighted by atomic mass is 9.99. The van der Waals surface area contributed by atoms with Crippen molar-refractivity contribution in [2.75, 3.05) is 13.2 Å². The van der Waals surface area contributed by atoms with E-state index < -0.39 is 0 Å². The molecule has 4 nitrogen and oxygen atoms in total. The van der Waals surface area contributed by atoms with E-state index >= 15 is 0 Å². The molecule has 3 rings (SSSR count). The molecule has 0 bridgehead atoms. The monoisotopic (exact) mass is 249 g/mol. The van der Waals surface area contributed by atoms with E-state index in [9.17, 15) is 0 Å². The van der Waals surface area contributed by atoms with Crippen molar-refractivity contribution in [3.63, 3.8) is 0 Å². The lowest BCUT2D eigenvalue weighted by Crippen LogP contribution is -2.27. The first-order valence-electron chi connectivity index (χ1n) is 7.16. The Labute approximate surface area is 109 Å². The Hall–Kier alpha value is -0.870. The first-order valence-corrected chi connectivity index (χ1v) is 7.16. The van der Waals surface area contributed by atoms with Gasteiger partial charge in [0.15, 0.2) is 0 Å². The van der Waals surface area contributed by atoms with Gasteiger partial charge in [0.25, 0.3) is 0 Å². The number of imidazole rings is 1. The van der Waals surface area contributed by atoms with E-state index in [1.807, 2.05) is 0 Å². The van der Waals surface area contributed by atoms with E-state index in [1.165, 1.54) is 23.6 Å². The quantitative estimate of drug-likeness (QED) is 0.885. The van der Waals surface area contributed by atoms with Gasteiger partial charge in [0.05, 0.1) is 11.8 Å². The second kappa shape index (κ2) is 5.02. The summed E-state index contributed by atoms with van der Waals surface area (Å²) in [7, 11) is 0. The molecule has 1 fully saturated rings. The highest BCUT2D eigenvalue weighted by atomic mass is 16.5. The zero-order chi connectivity index (χ0) is 12.5. The van der Waals surface area contributed by atoms with Gasteiger partial charge in [-0.25, -0.2) is 4.98 Å². The van der Waals surface area contributed by atoms with Gasteiger partial charge in [0.1, 0.15) is 5.82 Å². The van der Waals surface area contributed by atoms with Crippen LogP contribution in [0.1, 0.15) is 37.0 Å². The van der Waals surface area contributed by atoms with Crippen molar-refractivity contribution < 1.29 is 4.74 Å². The van der Waals surface area contributed by atoms with E-state index in [1.54, 1.807) is 0 Å². The fourth-order valence-electron chi connectivity index (χ4n) is 3.34. The normalized spacial score (nSPS) is 27.4. The molecule has 2 aliphatic heterocycles. The maximum atomic E-state index is 5.80. The topological polar surface area (TPSA) is 39.1 Å². The van der Waals surface area contributed by atoms with E-state index in [2.05, 4.69) is 23.7 Å². The Kier molecular flexibility index (Phi) is 3.39. The zero-order valence-corrected chi connectivity index (χ0v) is 11.4. The largest absolute Gasteiger partial charge is 0.378 e. The SMILES string of the molecule is CCC1OCCC1Cn1c(C)nc2c1CCNC2. The van der Waals surface area contributed by atoms with E-state index in [4.69, 9.17) is 9.72 Å². The molecule has 1 N–H and O–H groups in total. The molecular formula is C14H23N3O. The zero-order valence-electron chi connectivity index (χ0n) is 11.4. The molecule has 4 heteroatoms. The van der Waals surface area contributed by atoms with Crippen molar-refractivity contribution in [2.24, 2.45) is 5.92 Å². The molecule has 0 aromatic carbocycles. The average molecular weight is 249 g/mol. The van der Waals surface area contributed by atoms with Crippen molar-refractivity contribution >= 4 is 0 Å². The van der Waals surface area contributed by atoms with Crippen LogP contribution in [0.25, 0.3) is 0 Å². The van der Waals surface area contributed by atoms with Crippen molar-refractivity contribution in [1.29, 1.82) is 0 Å². The molecule has 2 atom stereocenters. The summed E-state index contributed by atoms with van der Waals surface area (Å²) < 4.78 is 8.24. The van der Waals surface area contributed by atoms with Gasteiger partial charge in [-0.05, 0) is 19.8 Å². The number of aromatic nitrogens is 2. The maximum absolute atomic E-state index is 5.80. The van der Waals surface area contributed by atoms with Gasteiger partial charge in [-0.1, -0.05) is 6.92 Å². The van der Waals surface area contributed by atoms with Crippen LogP contribution in [0.15, 0.2) is 0 Å². The molecule has 2 aliphatic rings. The summed E-state index contributed by atoms with van der Waals surface area (Å²) in [6.07, 6.45) is 3.88. The molecule has 100 valence electrons. The van der Waals surface area contributed by atoms with Crippen LogP contribution >= 0.6 is 0 Å². The number of aryl methyl sites for hydroxylation is 1. The fraction of sp³-hybridized carbons (Fsp3) is 0.786. The highest BCUT2D eigenvalue weighted by Crippen LogP contribution is 2.27. The average Bonchev–Trinajstić information content (AvgIpc) is 2.95. The van der Waals surface area contributed by atoms with Gasteiger partial charge in [-0.3, -0.25) is 0 Å². The van der Waals surface area contributed by atoms with Crippen LogP contribution in [0.5, 0.6) is 0 Å². The van der Waals surface area contributed by atoms with E-state index in [0.29, 0.717) is 12.0 Å². The van der Waals surface area contributed by atoms with Gasteiger partial charge in [0.2, 0.25) is 0 Å². The smallest absolute Gasteiger partial charge is 0.106 e. The predicted molar refractivity (Wildman–Crippen MR) is 70.5 cm³/mol. The number of rotatable bonds is 3. The summed E-state index contributed by atoms with van der Waals surface area (Å²) in [5.74, 6) is 1.84. The first kappa shape index (κ1) is 12.2. The molecule has 2 unspecified atom stereocenters. The minimum atomic E-state index is 0.448. The number of nitrogens with one attached hydrogen (secondary N) is 1. The minimum absolute atomic E-state index is 0.448. The summed E-state index contributed by atoms with van der Waals surface area (Å²) in [5.41, 5.74) is 2.71. The predicted octanol–water partition coefficient (Wildman–Crippen LogP) is 1.65. The van der Waals surface area contributed by atoms with Crippen LogP contribution in [0, 0.1) is 12.8 Å². The van der Waals surface area contributed by atoms with Gasteiger partial charge in [0, 0.05) is 44.3 Å². The molecular weight excluding hydrogens is 226 g/mol. The minimum Gasteiger partial charge on any atom is -0.378 e. The van der Waals surface area contributed by atoms with Crippen molar-refractivity contribution in [3.05, 3.63) is 17.2 Å². The van der Waals surface area contributed by atoms with E-state index in [-0.39, 0.29) is 0 Å². The Morgan fingerprint density at radius 1 is 1.50 bits per heavy atom. The highest BCUT2D eigenvalue weighted by molar-refractivity contribution is 5.20. The van der Waals surface area contributed by atoms with Crippen LogP contribution in [0.2, 0.25) is 0 Å². The molecule has 1 saturated heterocycles. The number of fused-ring (bicyclic) bond motifs is 1. The first-order chi connectivity index (χ1) is 8.79.